The van der Waals surface area contributed by atoms with Crippen molar-refractivity contribution in [2.45, 2.75) is 18.8 Å². The van der Waals surface area contributed by atoms with Gasteiger partial charge in [-0.05, 0) is 59.7 Å². The molecule has 0 saturated heterocycles. The van der Waals surface area contributed by atoms with Crippen LogP contribution in [0.3, 0.4) is 0 Å². The third-order valence-electron chi connectivity index (χ3n) is 4.35. The Balaban J connectivity index is 1.87. The molecule has 3 nitrogen and oxygen atoms in total. The van der Waals surface area contributed by atoms with Gasteiger partial charge in [-0.25, -0.2) is 4.79 Å². The monoisotopic (exact) mass is 332 g/mol. The van der Waals surface area contributed by atoms with Crippen molar-refractivity contribution in [2.24, 2.45) is 0 Å². The molecule has 0 saturated carbocycles. The molecule has 0 aliphatic heterocycles. The SMILES string of the molecule is O=C(O)c1cccc(CC(Cc2ccc(O)cc2)c2ccccc2)c1. The maximum Gasteiger partial charge on any atom is 0.335 e. The van der Waals surface area contributed by atoms with Gasteiger partial charge in [0.15, 0.2) is 0 Å². The number of phenolic OH excluding ortho intramolecular Hbond substituents is 1. The summed E-state index contributed by atoms with van der Waals surface area (Å²) in [7, 11) is 0. The van der Waals surface area contributed by atoms with Crippen LogP contribution in [-0.4, -0.2) is 16.2 Å². The molecule has 25 heavy (non-hydrogen) atoms. The average molecular weight is 332 g/mol. The molecule has 3 aromatic rings. The standard InChI is InChI=1S/C22H20O3/c23-21-11-9-16(10-12-21)13-20(18-6-2-1-3-7-18)15-17-5-4-8-19(14-17)22(24)25/h1-12,14,20,23H,13,15H2,(H,24,25). The fourth-order valence-corrected chi connectivity index (χ4v) is 3.07. The van der Waals surface area contributed by atoms with Crippen molar-refractivity contribution in [1.29, 1.82) is 0 Å². The lowest BCUT2D eigenvalue weighted by atomic mass is 9.86. The van der Waals surface area contributed by atoms with Crippen molar-refractivity contribution in [1.82, 2.24) is 0 Å². The minimum absolute atomic E-state index is 0.231. The number of phenols is 1. The second-order valence-corrected chi connectivity index (χ2v) is 6.19. The molecule has 3 aromatic carbocycles. The van der Waals surface area contributed by atoms with E-state index in [4.69, 9.17) is 0 Å². The highest BCUT2D eigenvalue weighted by molar-refractivity contribution is 5.87. The largest absolute Gasteiger partial charge is 0.508 e. The zero-order valence-electron chi connectivity index (χ0n) is 13.8. The number of hydrogen-bond acceptors (Lipinski definition) is 2. The Morgan fingerprint density at radius 1 is 0.800 bits per heavy atom. The van der Waals surface area contributed by atoms with Gasteiger partial charge in [-0.3, -0.25) is 0 Å². The molecule has 3 rings (SSSR count). The van der Waals surface area contributed by atoms with Crippen LogP contribution in [0.2, 0.25) is 0 Å². The maximum atomic E-state index is 11.2. The minimum atomic E-state index is -0.906. The van der Waals surface area contributed by atoms with Crippen molar-refractivity contribution in [3.8, 4) is 5.75 Å². The number of benzene rings is 3. The lowest BCUT2D eigenvalue weighted by Crippen LogP contribution is -2.08. The molecular formula is C22H20O3. The van der Waals surface area contributed by atoms with Crippen LogP contribution in [0.1, 0.15) is 33.0 Å². The Kier molecular flexibility index (Phi) is 5.14. The van der Waals surface area contributed by atoms with E-state index >= 15 is 0 Å². The van der Waals surface area contributed by atoms with Gasteiger partial charge in [0, 0.05) is 0 Å². The number of carbonyl (C=O) groups is 1. The first-order chi connectivity index (χ1) is 12.1. The van der Waals surface area contributed by atoms with Crippen LogP contribution in [-0.2, 0) is 12.8 Å². The zero-order chi connectivity index (χ0) is 17.6. The van der Waals surface area contributed by atoms with Gasteiger partial charge in [-0.2, -0.15) is 0 Å². The minimum Gasteiger partial charge on any atom is -0.508 e. The molecule has 0 aliphatic rings. The molecule has 0 spiro atoms. The fourth-order valence-electron chi connectivity index (χ4n) is 3.07. The van der Waals surface area contributed by atoms with Crippen molar-refractivity contribution >= 4 is 5.97 Å². The van der Waals surface area contributed by atoms with Gasteiger partial charge < -0.3 is 10.2 Å². The summed E-state index contributed by atoms with van der Waals surface area (Å²) in [6.45, 7) is 0. The third kappa shape index (κ3) is 4.48. The number of aromatic carboxylic acids is 1. The second kappa shape index (κ2) is 7.67. The zero-order valence-corrected chi connectivity index (χ0v) is 13.8. The summed E-state index contributed by atoms with van der Waals surface area (Å²) in [5, 5.41) is 18.7. The Bertz CT molecular complexity index is 839. The van der Waals surface area contributed by atoms with Crippen molar-refractivity contribution in [2.75, 3.05) is 0 Å². The molecule has 0 aliphatic carbocycles. The maximum absolute atomic E-state index is 11.2. The Morgan fingerprint density at radius 3 is 2.16 bits per heavy atom. The van der Waals surface area contributed by atoms with E-state index in [1.54, 1.807) is 30.3 Å². The summed E-state index contributed by atoms with van der Waals surface area (Å²) in [5.41, 5.74) is 3.68. The van der Waals surface area contributed by atoms with Crippen LogP contribution in [0.4, 0.5) is 0 Å². The van der Waals surface area contributed by atoms with Crippen LogP contribution in [0.25, 0.3) is 0 Å². The van der Waals surface area contributed by atoms with E-state index in [0.717, 1.165) is 24.0 Å². The van der Waals surface area contributed by atoms with E-state index in [1.165, 1.54) is 5.56 Å². The van der Waals surface area contributed by atoms with Crippen LogP contribution < -0.4 is 0 Å². The summed E-state index contributed by atoms with van der Waals surface area (Å²) in [6.07, 6.45) is 1.58. The lowest BCUT2D eigenvalue weighted by molar-refractivity contribution is 0.0696. The predicted octanol–water partition coefficient (Wildman–Crippen LogP) is 4.66. The molecule has 0 aromatic heterocycles. The number of carboxylic acids is 1. The molecule has 1 atom stereocenters. The Morgan fingerprint density at radius 2 is 1.48 bits per heavy atom. The number of hydrogen-bond donors (Lipinski definition) is 2. The summed E-state index contributed by atoms with van der Waals surface area (Å²) < 4.78 is 0. The quantitative estimate of drug-likeness (QED) is 0.690. The smallest absolute Gasteiger partial charge is 0.335 e. The van der Waals surface area contributed by atoms with E-state index in [1.807, 2.05) is 36.4 Å². The molecule has 3 heteroatoms. The highest BCUT2D eigenvalue weighted by atomic mass is 16.4. The van der Waals surface area contributed by atoms with Crippen LogP contribution in [0.5, 0.6) is 5.75 Å². The molecule has 2 N–H and O–H groups in total. The van der Waals surface area contributed by atoms with E-state index < -0.39 is 5.97 Å². The van der Waals surface area contributed by atoms with E-state index in [2.05, 4.69) is 12.1 Å². The van der Waals surface area contributed by atoms with Gasteiger partial charge >= 0.3 is 5.97 Å². The van der Waals surface area contributed by atoms with E-state index in [0.29, 0.717) is 5.56 Å². The summed E-state index contributed by atoms with van der Waals surface area (Å²) >= 11 is 0. The average Bonchev–Trinajstić information content (AvgIpc) is 2.64. The summed E-state index contributed by atoms with van der Waals surface area (Å²) in [4.78, 5) is 11.2. The molecule has 0 fully saturated rings. The Hall–Kier alpha value is -3.07. The molecular weight excluding hydrogens is 312 g/mol. The first-order valence-corrected chi connectivity index (χ1v) is 8.27. The van der Waals surface area contributed by atoms with E-state index in [-0.39, 0.29) is 11.7 Å². The van der Waals surface area contributed by atoms with Gasteiger partial charge in [0.1, 0.15) is 5.75 Å². The molecule has 1 unspecified atom stereocenters. The van der Waals surface area contributed by atoms with Crippen LogP contribution in [0.15, 0.2) is 78.9 Å². The van der Waals surface area contributed by atoms with Gasteiger partial charge in [0.05, 0.1) is 5.56 Å². The predicted molar refractivity (Wildman–Crippen MR) is 98.1 cm³/mol. The summed E-state index contributed by atoms with van der Waals surface area (Å²) in [5.74, 6) is -0.416. The highest BCUT2D eigenvalue weighted by Crippen LogP contribution is 2.26. The first kappa shape index (κ1) is 16.8. The fraction of sp³-hybridized carbons (Fsp3) is 0.136. The van der Waals surface area contributed by atoms with Crippen LogP contribution >= 0.6 is 0 Å². The third-order valence-corrected chi connectivity index (χ3v) is 4.35. The Labute approximate surface area is 147 Å². The molecule has 126 valence electrons. The lowest BCUT2D eigenvalue weighted by Gasteiger charge is -2.18. The molecule has 0 radical (unpaired) electrons. The molecule has 0 bridgehead atoms. The van der Waals surface area contributed by atoms with Crippen molar-refractivity contribution in [3.63, 3.8) is 0 Å². The normalized spacial score (nSPS) is 11.8. The van der Waals surface area contributed by atoms with Crippen molar-refractivity contribution in [3.05, 3.63) is 101 Å². The van der Waals surface area contributed by atoms with Crippen molar-refractivity contribution < 1.29 is 15.0 Å². The summed E-state index contributed by atoms with van der Waals surface area (Å²) in [6, 6.07) is 24.6. The van der Waals surface area contributed by atoms with Gasteiger partial charge in [0.25, 0.3) is 0 Å². The van der Waals surface area contributed by atoms with Gasteiger partial charge in [-0.15, -0.1) is 0 Å². The second-order valence-electron chi connectivity index (χ2n) is 6.19. The number of carboxylic acid groups (broad SMARTS) is 1. The highest BCUT2D eigenvalue weighted by Gasteiger charge is 2.14. The number of aromatic hydroxyl groups is 1. The first-order valence-electron chi connectivity index (χ1n) is 8.27. The van der Waals surface area contributed by atoms with E-state index in [9.17, 15) is 15.0 Å². The van der Waals surface area contributed by atoms with Gasteiger partial charge in [-0.1, -0.05) is 54.6 Å². The van der Waals surface area contributed by atoms with Gasteiger partial charge in [0.2, 0.25) is 0 Å². The van der Waals surface area contributed by atoms with Crippen LogP contribution in [0, 0.1) is 0 Å². The molecule has 0 amide bonds. The number of rotatable bonds is 6. The molecule has 0 heterocycles. The topological polar surface area (TPSA) is 57.5 Å².